The number of aliphatic carboxylic acids is 1. The average Bonchev–Trinajstić information content (AvgIpc) is 2.67. The van der Waals surface area contributed by atoms with Crippen LogP contribution in [-0.2, 0) is 10.2 Å². The Balaban J connectivity index is 1.53. The van der Waals surface area contributed by atoms with E-state index < -0.39 is 5.97 Å². The maximum Gasteiger partial charge on any atom is 0.328 e. The Morgan fingerprint density at radius 3 is 2.30 bits per heavy atom. The van der Waals surface area contributed by atoms with Gasteiger partial charge in [-0.25, -0.2) is 4.79 Å². The lowest BCUT2D eigenvalue weighted by Gasteiger charge is -2.47. The number of fused-ring (bicyclic) bond motifs is 2. The number of carboxylic acids is 1. The summed E-state index contributed by atoms with van der Waals surface area (Å²) < 4.78 is 0. The van der Waals surface area contributed by atoms with E-state index in [0.29, 0.717) is 5.75 Å². The van der Waals surface area contributed by atoms with Gasteiger partial charge in [0, 0.05) is 23.0 Å². The summed E-state index contributed by atoms with van der Waals surface area (Å²) in [6.45, 7) is 4.71. The van der Waals surface area contributed by atoms with Gasteiger partial charge in [-0.15, -0.1) is 0 Å². The van der Waals surface area contributed by atoms with Crippen molar-refractivity contribution in [2.45, 2.75) is 51.4 Å². The summed E-state index contributed by atoms with van der Waals surface area (Å²) in [5.74, 6) is 1.79. The lowest BCUT2D eigenvalue weighted by Crippen LogP contribution is -2.38. The van der Waals surface area contributed by atoms with Crippen LogP contribution in [0.2, 0.25) is 0 Å². The quantitative estimate of drug-likeness (QED) is 0.401. The molecule has 0 aliphatic heterocycles. The zero-order valence-electron chi connectivity index (χ0n) is 17.8. The first-order valence-electron chi connectivity index (χ1n) is 10.9. The molecule has 30 heavy (non-hydrogen) atoms. The summed E-state index contributed by atoms with van der Waals surface area (Å²) in [7, 11) is 0. The molecule has 2 bridgehead atoms. The number of nitrogens with one attached hydrogen (secondary N) is 1. The van der Waals surface area contributed by atoms with Crippen LogP contribution in [0.4, 0.5) is 11.4 Å². The van der Waals surface area contributed by atoms with Crippen LogP contribution in [-0.4, -0.2) is 16.2 Å². The third kappa shape index (κ3) is 4.53. The van der Waals surface area contributed by atoms with Gasteiger partial charge in [0.15, 0.2) is 0 Å². The summed E-state index contributed by atoms with van der Waals surface area (Å²) in [4.78, 5) is 10.7. The highest BCUT2D eigenvalue weighted by atomic mass is 16.4. The molecule has 2 aromatic carbocycles. The Hall–Kier alpha value is -2.75. The van der Waals surface area contributed by atoms with Gasteiger partial charge in [0.1, 0.15) is 5.75 Å². The molecule has 0 amide bonds. The van der Waals surface area contributed by atoms with Crippen molar-refractivity contribution in [1.29, 1.82) is 0 Å². The fourth-order valence-electron chi connectivity index (χ4n) is 5.92. The van der Waals surface area contributed by atoms with Gasteiger partial charge in [-0.05, 0) is 97.2 Å². The molecular weight excluding hydrogens is 374 g/mol. The highest BCUT2D eigenvalue weighted by Gasteiger charge is 2.42. The number of anilines is 2. The molecule has 4 heteroatoms. The van der Waals surface area contributed by atoms with Crippen molar-refractivity contribution in [2.75, 3.05) is 5.32 Å². The van der Waals surface area contributed by atoms with E-state index >= 15 is 0 Å². The number of hydrogen-bond donors (Lipinski definition) is 3. The summed E-state index contributed by atoms with van der Waals surface area (Å²) in [5.41, 5.74) is 3.80. The van der Waals surface area contributed by atoms with Crippen LogP contribution in [0.5, 0.6) is 5.75 Å². The number of benzene rings is 2. The molecule has 0 spiro atoms. The number of phenolic OH excluding ortho intramolecular Hbond substituents is 1. The van der Waals surface area contributed by atoms with Crippen molar-refractivity contribution in [3.63, 3.8) is 0 Å². The van der Waals surface area contributed by atoms with Crippen LogP contribution in [0.25, 0.3) is 6.08 Å². The minimum absolute atomic E-state index is 0.0149. The SMILES string of the molecule is CC1CC2CC(C1)CC(C)(c1cc(Nc3ccc(/C=C/C(=O)O)cc3)ccc1O)C2. The molecule has 2 unspecified atom stereocenters. The van der Waals surface area contributed by atoms with Gasteiger partial charge >= 0.3 is 5.97 Å². The van der Waals surface area contributed by atoms with Gasteiger partial charge in [-0.2, -0.15) is 0 Å². The second-order valence-electron chi connectivity index (χ2n) is 9.66. The largest absolute Gasteiger partial charge is 0.508 e. The molecule has 2 aliphatic rings. The molecule has 2 fully saturated rings. The van der Waals surface area contributed by atoms with Crippen molar-refractivity contribution >= 4 is 23.4 Å². The van der Waals surface area contributed by atoms with Crippen LogP contribution >= 0.6 is 0 Å². The summed E-state index contributed by atoms with van der Waals surface area (Å²) >= 11 is 0. The summed E-state index contributed by atoms with van der Waals surface area (Å²) in [5, 5.41) is 22.9. The van der Waals surface area contributed by atoms with Gasteiger partial charge in [0.25, 0.3) is 0 Å². The van der Waals surface area contributed by atoms with E-state index in [1.165, 1.54) is 19.3 Å². The van der Waals surface area contributed by atoms with Crippen LogP contribution in [0, 0.1) is 17.8 Å². The maximum absolute atomic E-state index is 10.7. The van der Waals surface area contributed by atoms with Gasteiger partial charge in [0.2, 0.25) is 0 Å². The minimum Gasteiger partial charge on any atom is -0.508 e. The van der Waals surface area contributed by atoms with Crippen LogP contribution in [0.3, 0.4) is 0 Å². The van der Waals surface area contributed by atoms with Crippen molar-refractivity contribution in [3.05, 3.63) is 59.7 Å². The lowest BCUT2D eigenvalue weighted by atomic mass is 9.57. The van der Waals surface area contributed by atoms with Crippen LogP contribution in [0.15, 0.2) is 48.5 Å². The molecular formula is C26H31NO3. The molecule has 4 nitrogen and oxygen atoms in total. The molecule has 2 aromatic rings. The van der Waals surface area contributed by atoms with E-state index in [2.05, 4.69) is 25.2 Å². The van der Waals surface area contributed by atoms with E-state index in [9.17, 15) is 9.90 Å². The number of aromatic hydroxyl groups is 1. The third-order valence-electron chi connectivity index (χ3n) is 6.88. The third-order valence-corrected chi connectivity index (χ3v) is 6.88. The Morgan fingerprint density at radius 2 is 1.67 bits per heavy atom. The Kier molecular flexibility index (Phi) is 5.59. The number of carbonyl (C=O) groups is 1. The highest BCUT2D eigenvalue weighted by molar-refractivity contribution is 5.85. The Morgan fingerprint density at radius 1 is 1.03 bits per heavy atom. The number of rotatable bonds is 5. The lowest BCUT2D eigenvalue weighted by molar-refractivity contribution is -0.131. The van der Waals surface area contributed by atoms with Gasteiger partial charge in [-0.1, -0.05) is 26.0 Å². The zero-order valence-corrected chi connectivity index (χ0v) is 17.8. The first kappa shape index (κ1) is 20.5. The first-order valence-corrected chi connectivity index (χ1v) is 10.9. The predicted octanol–water partition coefficient (Wildman–Crippen LogP) is 6.34. The Bertz CT molecular complexity index is 929. The molecule has 0 saturated heterocycles. The fraction of sp³-hybridized carbons (Fsp3) is 0.423. The Labute approximate surface area is 178 Å². The van der Waals surface area contributed by atoms with Crippen molar-refractivity contribution in [3.8, 4) is 5.75 Å². The predicted molar refractivity (Wildman–Crippen MR) is 121 cm³/mol. The van der Waals surface area contributed by atoms with E-state index in [0.717, 1.165) is 59.2 Å². The van der Waals surface area contributed by atoms with Crippen LogP contribution < -0.4 is 5.32 Å². The smallest absolute Gasteiger partial charge is 0.328 e. The standard InChI is InChI=1S/C26H31NO3/c1-17-11-19-13-20(12-17)16-26(2,15-19)23-14-22(8-9-24(23)28)27-21-6-3-18(4-7-21)5-10-25(29)30/h3-10,14,17,19-20,27-28H,11-13,15-16H2,1-2H3,(H,29,30)/b10-5+. The molecule has 2 atom stereocenters. The van der Waals surface area contributed by atoms with E-state index in [4.69, 9.17) is 5.11 Å². The molecule has 158 valence electrons. The molecule has 0 aromatic heterocycles. The monoisotopic (exact) mass is 405 g/mol. The molecule has 4 rings (SSSR count). The molecule has 0 heterocycles. The van der Waals surface area contributed by atoms with E-state index in [1.807, 2.05) is 30.3 Å². The highest BCUT2D eigenvalue weighted by Crippen LogP contribution is 2.53. The van der Waals surface area contributed by atoms with E-state index in [1.54, 1.807) is 12.1 Å². The maximum atomic E-state index is 10.7. The number of carboxylic acid groups (broad SMARTS) is 1. The topological polar surface area (TPSA) is 69.6 Å². The normalized spacial score (nSPS) is 28.4. The van der Waals surface area contributed by atoms with Gasteiger partial charge in [0.05, 0.1) is 0 Å². The molecule has 2 aliphatic carbocycles. The van der Waals surface area contributed by atoms with Gasteiger partial charge < -0.3 is 15.5 Å². The zero-order chi connectivity index (χ0) is 21.3. The minimum atomic E-state index is -0.955. The van der Waals surface area contributed by atoms with Crippen LogP contribution in [0.1, 0.15) is 57.1 Å². The second-order valence-corrected chi connectivity index (χ2v) is 9.66. The van der Waals surface area contributed by atoms with Gasteiger partial charge in [-0.3, -0.25) is 0 Å². The molecule has 0 radical (unpaired) electrons. The van der Waals surface area contributed by atoms with Crippen molar-refractivity contribution < 1.29 is 15.0 Å². The fourth-order valence-corrected chi connectivity index (χ4v) is 5.92. The summed E-state index contributed by atoms with van der Waals surface area (Å²) in [6.07, 6.45) is 8.98. The van der Waals surface area contributed by atoms with E-state index in [-0.39, 0.29) is 5.41 Å². The average molecular weight is 406 g/mol. The summed E-state index contributed by atoms with van der Waals surface area (Å²) in [6, 6.07) is 13.5. The van der Waals surface area contributed by atoms with Crippen molar-refractivity contribution in [1.82, 2.24) is 0 Å². The second kappa shape index (κ2) is 8.17. The molecule has 3 N–H and O–H groups in total. The molecule has 2 saturated carbocycles. The number of hydrogen-bond acceptors (Lipinski definition) is 3. The number of phenols is 1. The van der Waals surface area contributed by atoms with Crippen molar-refractivity contribution in [2.24, 2.45) is 17.8 Å². The first-order chi connectivity index (χ1) is 14.3.